The van der Waals surface area contributed by atoms with Gasteiger partial charge >= 0.3 is 11.4 Å². The fourth-order valence-corrected chi connectivity index (χ4v) is 9.28. The van der Waals surface area contributed by atoms with Gasteiger partial charge in [-0.1, -0.05) is 72.2 Å². The number of nitrogens with zero attached hydrogens (tertiary/aromatic N) is 4. The van der Waals surface area contributed by atoms with E-state index in [1.165, 1.54) is 7.05 Å². The fourth-order valence-electron chi connectivity index (χ4n) is 8.21. The minimum Gasteiger partial charge on any atom is -0.452 e. The van der Waals surface area contributed by atoms with Crippen molar-refractivity contribution >= 4 is 93.3 Å². The molecule has 4 aromatic heterocycles. The number of ether oxygens (including phenoxy) is 2. The lowest BCUT2D eigenvalue weighted by molar-refractivity contribution is -0.116. The maximum Gasteiger partial charge on any atom is 0.348 e. The van der Waals surface area contributed by atoms with Crippen LogP contribution in [0.15, 0.2) is 137 Å². The van der Waals surface area contributed by atoms with Crippen LogP contribution in [-0.2, 0) is 42.2 Å². The van der Waals surface area contributed by atoms with Gasteiger partial charge in [0.15, 0.2) is 11.2 Å². The maximum absolute atomic E-state index is 13.3. The number of halogens is 1. The van der Waals surface area contributed by atoms with Crippen molar-refractivity contribution in [3.63, 3.8) is 0 Å². The molecule has 0 radical (unpaired) electrons. The fraction of sp³-hybridized carbons (Fsp3) is 0.245. The summed E-state index contributed by atoms with van der Waals surface area (Å²) in [5.41, 5.74) is 7.73. The smallest absolute Gasteiger partial charge is 0.348 e. The van der Waals surface area contributed by atoms with E-state index in [9.17, 15) is 27.6 Å². The molecular weight excluding hydrogens is 1030 g/mol. The molecule has 74 heavy (non-hydrogen) atoms. The normalized spacial score (nSPS) is 11.6. The van der Waals surface area contributed by atoms with Gasteiger partial charge in [0.25, 0.3) is 0 Å². The molecule has 19 nitrogen and oxygen atoms in total. The molecule has 0 atom stereocenters. The molecule has 0 saturated heterocycles. The van der Waals surface area contributed by atoms with Crippen molar-refractivity contribution in [3.8, 4) is 33.6 Å². The molecule has 5 N–H and O–H groups in total. The van der Waals surface area contributed by atoms with Gasteiger partial charge in [-0.05, 0) is 98.0 Å². The van der Waals surface area contributed by atoms with Crippen LogP contribution in [0.1, 0.15) is 13.8 Å². The van der Waals surface area contributed by atoms with Gasteiger partial charge in [-0.2, -0.15) is 9.97 Å². The summed E-state index contributed by atoms with van der Waals surface area (Å²) < 4.78 is 53.5. The van der Waals surface area contributed by atoms with Gasteiger partial charge in [0, 0.05) is 52.0 Å². The van der Waals surface area contributed by atoms with E-state index in [0.29, 0.717) is 93.6 Å². The minimum absolute atomic E-state index is 0.122. The first-order valence-corrected chi connectivity index (χ1v) is 25.9. The van der Waals surface area contributed by atoms with E-state index in [-0.39, 0.29) is 42.0 Å². The molecule has 0 spiro atoms. The van der Waals surface area contributed by atoms with Crippen molar-refractivity contribution in [2.75, 3.05) is 71.3 Å². The van der Waals surface area contributed by atoms with Crippen molar-refractivity contribution in [1.82, 2.24) is 34.5 Å². The molecule has 9 aromatic rings. The molecule has 2 amide bonds. The Morgan fingerprint density at radius 3 is 1.49 bits per heavy atom. The number of hydrogen-bond donors (Lipinski definition) is 5. The number of methoxy groups -OCH3 is 2. The third-order valence-electron chi connectivity index (χ3n) is 11.9. The molecule has 0 saturated carbocycles. The summed E-state index contributed by atoms with van der Waals surface area (Å²) in [6.45, 7) is 7.06. The van der Waals surface area contributed by atoms with Crippen molar-refractivity contribution in [2.24, 2.45) is 0 Å². The maximum atomic E-state index is 13.3. The second-order valence-electron chi connectivity index (χ2n) is 16.7. The number of nitrogens with one attached hydrogen (secondary N) is 5. The zero-order valence-corrected chi connectivity index (χ0v) is 43.6. The van der Waals surface area contributed by atoms with Gasteiger partial charge in [-0.15, -0.1) is 0 Å². The lowest BCUT2D eigenvalue weighted by Gasteiger charge is -2.10. The van der Waals surface area contributed by atoms with Gasteiger partial charge in [0.05, 0.1) is 44.3 Å². The van der Waals surface area contributed by atoms with Crippen molar-refractivity contribution in [2.45, 2.75) is 31.8 Å². The number of sulfonamides is 1. The number of likely N-dealkylation sites (N-methyl/N-ethyl adjacent to an activating group) is 2. The Bertz CT molecular complexity index is 3720. The van der Waals surface area contributed by atoms with Crippen molar-refractivity contribution in [3.05, 3.63) is 135 Å². The molecule has 0 aliphatic carbocycles. The van der Waals surface area contributed by atoms with Crippen LogP contribution in [0.3, 0.4) is 0 Å². The molecule has 21 heteroatoms. The third kappa shape index (κ3) is 11.7. The Labute approximate surface area is 433 Å². The van der Waals surface area contributed by atoms with Crippen molar-refractivity contribution < 1.29 is 36.3 Å². The van der Waals surface area contributed by atoms with E-state index in [2.05, 4.69) is 51.9 Å². The molecule has 9 rings (SSSR count). The lowest BCUT2D eigenvalue weighted by atomic mass is 10.0. The predicted octanol–water partition coefficient (Wildman–Crippen LogP) is 7.35. The highest BCUT2D eigenvalue weighted by Crippen LogP contribution is 2.37. The second-order valence-corrected chi connectivity index (χ2v) is 19.5. The predicted molar refractivity (Wildman–Crippen MR) is 290 cm³/mol. The molecule has 0 unspecified atom stereocenters. The summed E-state index contributed by atoms with van der Waals surface area (Å²) in [6, 6.07) is 32.1. The first kappa shape index (κ1) is 52.9. The van der Waals surface area contributed by atoms with Crippen LogP contribution in [0.5, 0.6) is 0 Å². The molecule has 4 heterocycles. The number of carbonyl (C=O) groups excluding carboxylic acids is 2. The van der Waals surface area contributed by atoms with Crippen LogP contribution in [0.25, 0.3) is 77.8 Å². The van der Waals surface area contributed by atoms with Crippen LogP contribution in [0, 0.1) is 0 Å². The monoisotopic (exact) mass is 1090 g/mol. The van der Waals surface area contributed by atoms with E-state index in [1.807, 2.05) is 62.4 Å². The Hall–Kier alpha value is -7.37. The number of hydrogen-bond acceptors (Lipinski definition) is 14. The molecule has 5 aromatic carbocycles. The summed E-state index contributed by atoms with van der Waals surface area (Å²) in [6.07, 6.45) is 0. The van der Waals surface area contributed by atoms with Gasteiger partial charge in [-0.25, -0.2) is 22.7 Å². The first-order valence-electron chi connectivity index (χ1n) is 23.6. The van der Waals surface area contributed by atoms with Crippen LogP contribution < -0.4 is 37.4 Å². The number of anilines is 2. The van der Waals surface area contributed by atoms with Gasteiger partial charge in [-0.3, -0.25) is 18.7 Å². The third-order valence-corrected chi connectivity index (χ3v) is 13.8. The zero-order valence-electron chi connectivity index (χ0n) is 41.2. The second kappa shape index (κ2) is 23.7. The Morgan fingerprint density at radius 1 is 0.608 bits per heavy atom. The average molecular weight is 1090 g/mol. The van der Waals surface area contributed by atoms with Crippen LogP contribution in [0.2, 0.25) is 0 Å². The molecule has 0 fully saturated rings. The molecule has 0 aliphatic rings. The quantitative estimate of drug-likeness (QED) is 0.0532. The van der Waals surface area contributed by atoms with Crippen LogP contribution in [0.4, 0.5) is 11.4 Å². The number of benzene rings is 5. The van der Waals surface area contributed by atoms with Crippen molar-refractivity contribution in [1.29, 1.82) is 0 Å². The average Bonchev–Trinajstić information content (AvgIpc) is 3.99. The van der Waals surface area contributed by atoms with Gasteiger partial charge < -0.3 is 39.6 Å². The minimum atomic E-state index is -3.55. The van der Waals surface area contributed by atoms with Crippen LogP contribution >= 0.6 is 15.9 Å². The number of rotatable bonds is 19. The molecular formula is C53H54BrN9O10S. The Kier molecular flexibility index (Phi) is 16.9. The Balaban J connectivity index is 0.000000204. The summed E-state index contributed by atoms with van der Waals surface area (Å²) in [5, 5.41) is 13.2. The molecule has 384 valence electrons. The zero-order chi connectivity index (χ0) is 52.5. The van der Waals surface area contributed by atoms with E-state index in [0.717, 1.165) is 32.9 Å². The summed E-state index contributed by atoms with van der Waals surface area (Å²) in [4.78, 5) is 59.1. The summed E-state index contributed by atoms with van der Waals surface area (Å²) >= 11 is 3.47. The SMILES string of the molecule is CCNCC(=O)Nc1ccc(-c2nc(=O)n(CCOC)c3c2oc2cc(-c4ccc(S(=O)(=O)NC)cc4)ccc23)cc1.CCNCC(=O)Nc1ccc(-c2nc(=O)n(CCOC)c3c2oc2cc(Br)ccc23)cc1. The number of amides is 2. The highest BCUT2D eigenvalue weighted by atomic mass is 79.9. The molecule has 0 aliphatic heterocycles. The van der Waals surface area contributed by atoms with E-state index in [4.69, 9.17) is 18.3 Å². The number of aromatic nitrogens is 4. The number of fused-ring (bicyclic) bond motifs is 6. The number of furan rings is 2. The summed E-state index contributed by atoms with van der Waals surface area (Å²) in [5.74, 6) is -0.277. The highest BCUT2D eigenvalue weighted by Gasteiger charge is 2.22. The molecule has 0 bridgehead atoms. The summed E-state index contributed by atoms with van der Waals surface area (Å²) in [7, 11) is 0.972. The topological polar surface area (TPSA) is 243 Å². The van der Waals surface area contributed by atoms with Gasteiger partial charge in [0.2, 0.25) is 21.8 Å². The van der Waals surface area contributed by atoms with E-state index in [1.54, 1.807) is 84.0 Å². The standard InChI is InChI=1S/C30H31N5O6S.C23H23BrN4O4/c1-4-32-18-26(36)33-22-10-5-20(6-11-22)27-29-28(35(15-16-40-3)30(37)34-27)24-14-9-21(17-25(24)41-29)19-7-12-23(13-8-19)42(38,39)31-2;1-3-25-13-19(29)26-16-7-4-14(5-8-16)20-22-21(28(10-11-31-2)23(30)27-20)17-9-6-15(24)12-18(17)32-22/h5-14,17,31-32H,4,15-16,18H2,1-3H3,(H,33,36);4-9,12,25H,3,10-11,13H2,1-2H3,(H,26,29). The Morgan fingerprint density at radius 2 is 1.04 bits per heavy atom. The van der Waals surface area contributed by atoms with E-state index >= 15 is 0 Å². The van der Waals surface area contributed by atoms with Gasteiger partial charge in [0.1, 0.15) is 33.6 Å². The largest absolute Gasteiger partial charge is 0.452 e. The van der Waals surface area contributed by atoms with E-state index < -0.39 is 15.7 Å². The number of carbonyl (C=O) groups is 2. The highest BCUT2D eigenvalue weighted by molar-refractivity contribution is 9.10. The first-order chi connectivity index (χ1) is 35.8. The lowest BCUT2D eigenvalue weighted by Crippen LogP contribution is -2.27. The van der Waals surface area contributed by atoms with Crippen LogP contribution in [-0.4, -0.2) is 100.0 Å².